The van der Waals surface area contributed by atoms with Gasteiger partial charge in [-0.05, 0) is 139 Å². The minimum absolute atomic E-state index is 0.0300. The van der Waals surface area contributed by atoms with Crippen molar-refractivity contribution in [2.75, 3.05) is 26.7 Å². The molecule has 0 saturated heterocycles. The van der Waals surface area contributed by atoms with Crippen LogP contribution < -0.4 is 31.4 Å². The van der Waals surface area contributed by atoms with E-state index in [9.17, 15) is 80.6 Å². The molecule has 0 spiro atoms. The summed E-state index contributed by atoms with van der Waals surface area (Å²) in [4.78, 5) is 80.4. The molecule has 0 saturated carbocycles. The average Bonchev–Trinajstić information content (AvgIpc) is 0.768. The van der Waals surface area contributed by atoms with E-state index in [0.29, 0.717) is 22.9 Å². The lowest BCUT2D eigenvalue weighted by molar-refractivity contribution is -0.655. The third-order valence-electron chi connectivity index (χ3n) is 13.2. The number of azo groups is 2. The Morgan fingerprint density at radius 2 is 1.03 bits per heavy atom. The minimum Gasteiger partial charge on any atom is -0.505 e. The maximum atomic E-state index is 13.4. The Balaban J connectivity index is 0.819. The van der Waals surface area contributed by atoms with E-state index in [-0.39, 0.29) is 107 Å². The predicted octanol–water partition coefficient (Wildman–Crippen LogP) is 10.2. The zero-order valence-electron chi connectivity index (χ0n) is 47.9. The average molecular weight is 1350 g/mol. The summed E-state index contributed by atoms with van der Waals surface area (Å²) in [5, 5.41) is 101. The second kappa shape index (κ2) is 26.9. The molecule has 0 unspecified atom stereocenters. The van der Waals surface area contributed by atoms with Gasteiger partial charge in [0.2, 0.25) is 11.9 Å². The zero-order valence-corrected chi connectivity index (χ0v) is 50.4. The summed E-state index contributed by atoms with van der Waals surface area (Å²) in [6.45, 7) is 3.09. The molecule has 0 radical (unpaired) electrons. The van der Waals surface area contributed by atoms with Crippen LogP contribution in [0, 0.1) is 13.8 Å². The molecule has 0 aliphatic heterocycles. The normalized spacial score (nSPS) is 11.7. The number of nitrogens with one attached hydrogen (secondary N) is 5. The van der Waals surface area contributed by atoms with Crippen molar-refractivity contribution < 1.29 is 99.9 Å². The van der Waals surface area contributed by atoms with E-state index in [1.807, 2.05) is 0 Å². The standard InChI is InChI=1S/C57H41N15O20S3/c1-25-59-56(66-57(60-25)65-43-23-40(95(88,89)90)20-29-21-44(93-92-91-84)47(49(74)46(29)43)70-68-38-17-32(53(80)81)14-33(18-38)54(82)83)63-35-6-3-27(4-7-35)50(75)62-34-8-10-36(11-9-34)71-72-24-58-55(61-26(72)2)64-42-22-39(94(85,86)87)19-28-5-12-41(48(73)45(28)42)69-67-37-15-30(51(76)77)13-31(16-37)52(78)79/h3-24H,1-2H3,(H13,59,60,62,63,65,66,67,68,69,70,71,73,74,75,76,77,78,79,80,81,82,83,84,85,86,87,88,89,90)/p+1. The van der Waals surface area contributed by atoms with Crippen LogP contribution in [0.3, 0.4) is 0 Å². The topological polar surface area (TPSA) is 532 Å². The van der Waals surface area contributed by atoms with Gasteiger partial charge in [-0.2, -0.15) is 42.0 Å². The molecular weight excluding hydrogens is 1310 g/mol. The lowest BCUT2D eigenvalue weighted by Gasteiger charge is -2.15. The summed E-state index contributed by atoms with van der Waals surface area (Å²) < 4.78 is 75.9. The molecule has 0 bridgehead atoms. The van der Waals surface area contributed by atoms with Gasteiger partial charge in [0.15, 0.2) is 11.5 Å². The molecule has 8 aromatic carbocycles. The summed E-state index contributed by atoms with van der Waals surface area (Å²) >= 11 is 0.250. The van der Waals surface area contributed by atoms with Gasteiger partial charge in [0.05, 0.1) is 77.4 Å². The number of aromatic carboxylic acids is 4. The van der Waals surface area contributed by atoms with Gasteiger partial charge in [-0.25, -0.2) is 29.9 Å². The van der Waals surface area contributed by atoms with Crippen LogP contribution in [0.4, 0.5) is 69.0 Å². The number of carbonyl (C=O) groups is 5. The van der Waals surface area contributed by atoms with Gasteiger partial charge in [-0.1, -0.05) is 21.1 Å². The Morgan fingerprint density at radius 3 is 1.57 bits per heavy atom. The molecule has 482 valence electrons. The first kappa shape index (κ1) is 65.6. The minimum atomic E-state index is -4.96. The van der Waals surface area contributed by atoms with Gasteiger partial charge in [0.25, 0.3) is 38.3 Å². The number of fused-ring (bicyclic) bond motifs is 2. The van der Waals surface area contributed by atoms with Gasteiger partial charge in [0.1, 0.15) is 17.2 Å². The molecule has 14 N–H and O–H groups in total. The number of phenols is 2. The van der Waals surface area contributed by atoms with Crippen molar-refractivity contribution in [2.45, 2.75) is 28.5 Å². The third kappa shape index (κ3) is 15.4. The third-order valence-corrected chi connectivity index (χ3v) is 15.5. The number of carbonyl (C=O) groups excluding carboxylic acids is 1. The highest BCUT2D eigenvalue weighted by Crippen LogP contribution is 2.48. The fraction of sp³-hybridized carbons (Fsp3) is 0.0351. The van der Waals surface area contributed by atoms with Gasteiger partial charge < -0.3 is 46.6 Å². The number of aryl methyl sites for hydroxylation is 2. The van der Waals surface area contributed by atoms with Crippen molar-refractivity contribution in [1.29, 1.82) is 0 Å². The predicted molar refractivity (Wildman–Crippen MR) is 332 cm³/mol. The molecule has 0 aliphatic rings. The van der Waals surface area contributed by atoms with Crippen LogP contribution in [0.2, 0.25) is 0 Å². The van der Waals surface area contributed by atoms with Crippen LogP contribution in [0.5, 0.6) is 11.5 Å². The number of benzene rings is 8. The summed E-state index contributed by atoms with van der Waals surface area (Å²) in [5.74, 6) is -7.64. The lowest BCUT2D eigenvalue weighted by atomic mass is 10.1. The van der Waals surface area contributed by atoms with Gasteiger partial charge in [0, 0.05) is 34.6 Å². The van der Waals surface area contributed by atoms with Crippen LogP contribution in [-0.4, -0.2) is 117 Å². The summed E-state index contributed by atoms with van der Waals surface area (Å²) in [5.41, 5.74) is 1.41. The molecule has 0 fully saturated rings. The molecule has 0 aliphatic carbocycles. The highest BCUT2D eigenvalue weighted by molar-refractivity contribution is 7.94. The van der Waals surface area contributed by atoms with Crippen molar-refractivity contribution in [1.82, 2.24) is 24.9 Å². The molecule has 2 aromatic heterocycles. The van der Waals surface area contributed by atoms with Crippen molar-refractivity contribution in [3.8, 4) is 11.5 Å². The molecule has 1 amide bonds. The second-order valence-corrected chi connectivity index (χ2v) is 23.3. The van der Waals surface area contributed by atoms with E-state index in [1.165, 1.54) is 60.4 Å². The van der Waals surface area contributed by atoms with Crippen molar-refractivity contribution in [3.63, 3.8) is 0 Å². The number of amides is 1. The van der Waals surface area contributed by atoms with Crippen molar-refractivity contribution in [2.24, 2.45) is 20.5 Å². The van der Waals surface area contributed by atoms with E-state index in [4.69, 9.17) is 5.26 Å². The van der Waals surface area contributed by atoms with E-state index in [0.717, 1.165) is 60.7 Å². The Kier molecular flexibility index (Phi) is 18.6. The number of rotatable bonds is 23. The first-order valence-corrected chi connectivity index (χ1v) is 30.1. The molecule has 95 heavy (non-hydrogen) atoms. The van der Waals surface area contributed by atoms with Crippen LogP contribution >= 0.6 is 12.0 Å². The highest BCUT2D eigenvalue weighted by Gasteiger charge is 2.25. The SMILES string of the molecule is Cc1nc(Nc2ccc(C(=O)Nc3ccc(N[n+]4cnc(Nc5cc(S(=O)(=O)O)cc6ccc(N=Nc7cc(C(=O)O)cc(C(=O)O)c7)c(O)c56)nc4C)cc3)cc2)nc(Nc2cc(S(=O)(=O)O)cc3cc(SOOO)c(N=Nc4cc(C(=O)O)cc(C(=O)O)c4)c(O)c23)n1. The maximum Gasteiger partial charge on any atom is 0.379 e. The molecule has 38 heteroatoms. The Hall–Kier alpha value is -12.3. The molecular formula is C57H42N15O20S3+. The molecule has 10 aromatic rings. The van der Waals surface area contributed by atoms with E-state index in [2.05, 4.69) is 81.4 Å². The lowest BCUT2D eigenvalue weighted by Crippen LogP contribution is -2.46. The number of nitrogens with zero attached hydrogens (tertiary/aromatic N) is 10. The molecule has 0 atom stereocenters. The smallest absolute Gasteiger partial charge is 0.379 e. The number of phenolic OH excluding ortho intramolecular Hbond substituents is 2. The summed E-state index contributed by atoms with van der Waals surface area (Å²) in [6, 6.07) is 26.3. The fourth-order valence-corrected chi connectivity index (χ4v) is 10.5. The first-order chi connectivity index (χ1) is 45.1. The van der Waals surface area contributed by atoms with Gasteiger partial charge in [-0.15, -0.1) is 19.2 Å². The van der Waals surface area contributed by atoms with Crippen LogP contribution in [0.1, 0.15) is 63.4 Å². The van der Waals surface area contributed by atoms with E-state index >= 15 is 0 Å². The molecule has 10 rings (SSSR count). The Labute approximate surface area is 535 Å². The summed E-state index contributed by atoms with van der Waals surface area (Å²) in [7, 11) is -9.77. The Bertz CT molecular complexity index is 5080. The van der Waals surface area contributed by atoms with E-state index < -0.39 is 88.1 Å². The fourth-order valence-electron chi connectivity index (χ4n) is 8.95. The zero-order chi connectivity index (χ0) is 68.2. The summed E-state index contributed by atoms with van der Waals surface area (Å²) in [6.07, 6.45) is 1.32. The number of hydrogen-bond donors (Lipinski definition) is 14. The largest absolute Gasteiger partial charge is 0.505 e. The quantitative estimate of drug-likeness (QED) is 0.00706. The van der Waals surface area contributed by atoms with Crippen LogP contribution in [0.15, 0.2) is 169 Å². The van der Waals surface area contributed by atoms with Gasteiger partial charge >= 0.3 is 29.8 Å². The molecule has 35 nitrogen and oxygen atoms in total. The number of anilines is 8. The van der Waals surface area contributed by atoms with Crippen molar-refractivity contribution in [3.05, 3.63) is 173 Å². The molecule has 2 heterocycles. The monoisotopic (exact) mass is 1350 g/mol. The van der Waals surface area contributed by atoms with Crippen LogP contribution in [0.25, 0.3) is 21.5 Å². The number of carboxylic acids is 4. The number of carboxylic acid groups (broad SMARTS) is 4. The van der Waals surface area contributed by atoms with Gasteiger partial charge in [-0.3, -0.25) is 19.2 Å². The van der Waals surface area contributed by atoms with Crippen molar-refractivity contribution >= 4 is 153 Å². The second-order valence-electron chi connectivity index (χ2n) is 19.7. The van der Waals surface area contributed by atoms with Crippen LogP contribution in [-0.2, 0) is 29.6 Å². The number of aromatic nitrogens is 6. The number of hydrogen-bond acceptors (Lipinski definition) is 28. The first-order valence-electron chi connectivity index (χ1n) is 26.4. The maximum absolute atomic E-state index is 13.4. The van der Waals surface area contributed by atoms with E-state index in [1.54, 1.807) is 31.2 Å². The number of aromatic hydroxyl groups is 2. The highest BCUT2D eigenvalue weighted by atomic mass is 32.2. The Morgan fingerprint density at radius 1 is 0.526 bits per heavy atom.